The summed E-state index contributed by atoms with van der Waals surface area (Å²) in [7, 11) is -6.78. The molecule has 0 saturated carbocycles. The van der Waals surface area contributed by atoms with E-state index in [4.69, 9.17) is 30.6 Å². The first-order valence-corrected chi connectivity index (χ1v) is 6.71. The van der Waals surface area contributed by atoms with E-state index in [0.29, 0.717) is 0 Å². The van der Waals surface area contributed by atoms with Crippen LogP contribution in [0.2, 0.25) is 0 Å². The molecule has 0 bridgehead atoms. The van der Waals surface area contributed by atoms with Crippen molar-refractivity contribution in [1.82, 2.24) is 0 Å². The number of aliphatic hydroxyl groups excluding tert-OH is 6. The Hall–Kier alpha value is -4.04. The fourth-order valence-electron chi connectivity index (χ4n) is 1.05. The summed E-state index contributed by atoms with van der Waals surface area (Å²) in [5.74, 6) is 0. The van der Waals surface area contributed by atoms with Crippen molar-refractivity contribution in [3.8, 4) is 37.5 Å². The van der Waals surface area contributed by atoms with Crippen LogP contribution in [-0.2, 0) is 0 Å². The van der Waals surface area contributed by atoms with Gasteiger partial charge >= 0.3 is 103 Å². The van der Waals surface area contributed by atoms with Crippen LogP contribution in [0, 0.1) is 37.5 Å². The molecule has 0 aliphatic heterocycles. The van der Waals surface area contributed by atoms with E-state index >= 15 is 0 Å². The molecule has 0 aromatic heterocycles. The fraction of sp³-hybridized carbons (Fsp3) is 0. The molecule has 12 nitrogen and oxygen atoms in total. The van der Waals surface area contributed by atoms with Crippen LogP contribution in [0.5, 0.6) is 0 Å². The van der Waals surface area contributed by atoms with Crippen LogP contribution < -0.4 is 0 Å². The molecule has 0 rings (SSSR count). The third-order valence-corrected chi connectivity index (χ3v) is 5.40. The Labute approximate surface area is 104 Å². The summed E-state index contributed by atoms with van der Waals surface area (Å²) < 4.78 is 17.9. The van der Waals surface area contributed by atoms with E-state index in [-0.39, 0.29) is 0 Å². The Morgan fingerprint density at radius 1 is 0.421 bits per heavy atom. The molecule has 0 radical (unpaired) electrons. The molecule has 0 atom stereocenters. The van der Waals surface area contributed by atoms with Crippen molar-refractivity contribution in [3.63, 3.8) is 0 Å². The van der Waals surface area contributed by atoms with E-state index in [2.05, 4.69) is 27.1 Å². The average molecular weight is 286 g/mol. The van der Waals surface area contributed by atoms with E-state index in [1.807, 2.05) is 0 Å². The molecule has 0 unspecified atom stereocenters. The normalized spacial score (nSPS) is 10.7. The Morgan fingerprint density at radius 3 is 0.684 bits per heavy atom. The molecule has 0 aromatic rings. The summed E-state index contributed by atoms with van der Waals surface area (Å²) in [6.07, 6.45) is 6.50. The van der Waals surface area contributed by atoms with Gasteiger partial charge < -0.3 is 0 Å². The van der Waals surface area contributed by atoms with Gasteiger partial charge in [0.2, 0.25) is 0 Å². The van der Waals surface area contributed by atoms with Gasteiger partial charge in [0.15, 0.2) is 0 Å². The van der Waals surface area contributed by atoms with Crippen LogP contribution in [0.1, 0.15) is 0 Å². The van der Waals surface area contributed by atoms with Crippen molar-refractivity contribution < 1.29 is 30.6 Å². The molecule has 0 aliphatic carbocycles. The standard InChI is InChI=1S/C6H6N6O6Si/c13-1-7-19(8-2-14,9-3-15,10-4-16,11-5-17)12-6-18/h13-18H/q+4. The number of rotatable bonds is 0. The molecule has 0 aliphatic rings. The zero-order valence-electron chi connectivity index (χ0n) is 8.87. The minimum atomic E-state index is -6.78. The van der Waals surface area contributed by atoms with Crippen molar-refractivity contribution in [2.24, 2.45) is 0 Å². The van der Waals surface area contributed by atoms with Crippen molar-refractivity contribution in [2.45, 2.75) is 0 Å². The molecule has 19 heavy (non-hydrogen) atoms. The molecule has 13 heteroatoms. The van der Waals surface area contributed by atoms with Crippen LogP contribution >= 0.6 is 0 Å². The summed E-state index contributed by atoms with van der Waals surface area (Å²) in [6.45, 7) is 0. The number of hydrogen-bond acceptors (Lipinski definition) is 6. The number of aliphatic hydroxyl groups is 6. The second-order valence-corrected chi connectivity index (χ2v) is 7.11. The van der Waals surface area contributed by atoms with E-state index in [0.717, 1.165) is 37.5 Å². The van der Waals surface area contributed by atoms with Gasteiger partial charge in [-0.2, -0.15) is 0 Å². The monoisotopic (exact) mass is 286 g/mol. The van der Waals surface area contributed by atoms with Crippen molar-refractivity contribution in [2.75, 3.05) is 0 Å². The van der Waals surface area contributed by atoms with Gasteiger partial charge in [-0.05, 0) is 0 Å². The number of nitrogens with zero attached hydrogens (tertiary/aromatic N) is 6. The quantitative estimate of drug-likeness (QED) is 0.279. The maximum absolute atomic E-state index is 8.64. The zero-order chi connectivity index (χ0) is 14.9. The zero-order valence-corrected chi connectivity index (χ0v) is 9.87. The third-order valence-electron chi connectivity index (χ3n) is 1.80. The van der Waals surface area contributed by atoms with Crippen LogP contribution in [0.15, 0.2) is 0 Å². The van der Waals surface area contributed by atoms with Crippen molar-refractivity contribution >= 4 is 7.60 Å². The van der Waals surface area contributed by atoms with Gasteiger partial charge in [-0.25, -0.2) is 0 Å². The Bertz CT molecular complexity index is 593. The molecule has 0 spiro atoms. The van der Waals surface area contributed by atoms with Gasteiger partial charge in [-0.1, -0.05) is 0 Å². The molecule has 0 amide bonds. The van der Waals surface area contributed by atoms with Gasteiger partial charge in [0.05, 0.1) is 0 Å². The third kappa shape index (κ3) is 1.95. The molecular formula is C6H6N6O6Si+4. The molecule has 0 fully saturated rings. The van der Waals surface area contributed by atoms with Crippen LogP contribution in [0.25, 0.3) is 27.1 Å². The predicted molar refractivity (Wildman–Crippen MR) is 60.9 cm³/mol. The first kappa shape index (κ1) is 15.0. The molecule has 96 valence electrons. The second kappa shape index (κ2) is 4.45. The summed E-state index contributed by atoms with van der Waals surface area (Å²) in [4.78, 5) is 0. The van der Waals surface area contributed by atoms with E-state index in [9.17, 15) is 0 Å². The van der Waals surface area contributed by atoms with Gasteiger partial charge in [0, 0.05) is 0 Å². The van der Waals surface area contributed by atoms with Crippen LogP contribution in [0.4, 0.5) is 0 Å². The second-order valence-electron chi connectivity index (χ2n) is 2.77. The van der Waals surface area contributed by atoms with Gasteiger partial charge in [-0.3, -0.25) is 0 Å². The van der Waals surface area contributed by atoms with E-state index in [1.165, 1.54) is 0 Å². The predicted octanol–water partition coefficient (Wildman–Crippen LogP) is 0.301. The van der Waals surface area contributed by atoms with Crippen molar-refractivity contribution in [3.05, 3.63) is 27.1 Å². The Kier molecular flexibility index (Phi) is 3.50. The Morgan fingerprint density at radius 2 is 0.579 bits per heavy atom. The van der Waals surface area contributed by atoms with Gasteiger partial charge in [0.1, 0.15) is 0 Å². The maximum atomic E-state index is 8.64. The SMILES string of the molecule is OC#[N+][Si-2]([N+]#CO)([N+]#CO)([N+]#CO)([N+]#CO)[N+]#CO. The van der Waals surface area contributed by atoms with E-state index < -0.39 is 7.60 Å². The average Bonchev–Trinajstić information content (AvgIpc) is 2.31. The van der Waals surface area contributed by atoms with Gasteiger partial charge in [0.25, 0.3) is 0 Å². The molecule has 6 N–H and O–H groups in total. The van der Waals surface area contributed by atoms with Crippen molar-refractivity contribution in [1.29, 1.82) is 0 Å². The summed E-state index contributed by atoms with van der Waals surface area (Å²) in [6, 6.07) is 0. The van der Waals surface area contributed by atoms with Crippen LogP contribution in [-0.4, -0.2) is 38.2 Å². The summed E-state index contributed by atoms with van der Waals surface area (Å²) >= 11 is 0. The van der Waals surface area contributed by atoms with Crippen LogP contribution in [0.3, 0.4) is 0 Å². The first-order valence-electron chi connectivity index (χ1n) is 4.02. The van der Waals surface area contributed by atoms with Gasteiger partial charge in [-0.15, -0.1) is 0 Å². The fourth-order valence-corrected chi connectivity index (χ4v) is 3.14. The molecule has 0 aromatic carbocycles. The topological polar surface area (TPSA) is 148 Å². The molecule has 0 saturated heterocycles. The summed E-state index contributed by atoms with van der Waals surface area (Å²) in [5.41, 5.74) is 0. The molecule has 0 heterocycles. The number of hydrogen-bond donors (Lipinski definition) is 6. The summed E-state index contributed by atoms with van der Waals surface area (Å²) in [5, 5.41) is 51.8. The molecular weight excluding hydrogens is 280 g/mol. The Balaban J connectivity index is 7.68. The van der Waals surface area contributed by atoms with E-state index in [1.54, 1.807) is 0 Å². The first-order chi connectivity index (χ1) is 8.97. The minimum absolute atomic E-state index is 1.08.